The van der Waals surface area contributed by atoms with Gasteiger partial charge in [-0.3, -0.25) is 0 Å². The Hall–Kier alpha value is -1.91. The summed E-state index contributed by atoms with van der Waals surface area (Å²) in [5.74, 6) is 1.51. The monoisotopic (exact) mass is 220 g/mol. The summed E-state index contributed by atoms with van der Waals surface area (Å²) in [4.78, 5) is 7.30. The van der Waals surface area contributed by atoms with Gasteiger partial charge in [0.2, 0.25) is 0 Å². The van der Waals surface area contributed by atoms with Gasteiger partial charge in [0.05, 0.1) is 31.4 Å². The lowest BCUT2D eigenvalue weighted by molar-refractivity contribution is 0.297. The number of methoxy groups -OCH3 is 1. The van der Waals surface area contributed by atoms with E-state index in [0.29, 0.717) is 19.2 Å². The largest absolute Gasteiger partial charge is 0.489 e. The van der Waals surface area contributed by atoms with Crippen molar-refractivity contribution in [2.24, 2.45) is 0 Å². The second kappa shape index (κ2) is 3.59. The number of rotatable bonds is 1. The SMILES string of the molecule is COc1nc2cc3c(cc2[nH]1)OCCCO3. The maximum atomic E-state index is 5.59. The Kier molecular flexibility index (Phi) is 2.09. The first-order chi connectivity index (χ1) is 7.86. The lowest BCUT2D eigenvalue weighted by atomic mass is 10.3. The second-order valence-corrected chi connectivity index (χ2v) is 3.61. The first-order valence-electron chi connectivity index (χ1n) is 5.20. The number of nitrogens with zero attached hydrogens (tertiary/aromatic N) is 1. The van der Waals surface area contributed by atoms with E-state index in [9.17, 15) is 0 Å². The molecule has 2 aromatic rings. The molecule has 1 aliphatic heterocycles. The molecule has 0 unspecified atom stereocenters. The second-order valence-electron chi connectivity index (χ2n) is 3.61. The molecule has 0 saturated carbocycles. The van der Waals surface area contributed by atoms with E-state index in [1.807, 2.05) is 12.1 Å². The van der Waals surface area contributed by atoms with E-state index in [1.54, 1.807) is 7.11 Å². The van der Waals surface area contributed by atoms with Crippen molar-refractivity contribution in [3.63, 3.8) is 0 Å². The standard InChI is InChI=1S/C11H12N2O3/c1-14-11-12-7-5-9-10(6-8(7)13-11)16-4-2-3-15-9/h5-6H,2-4H2,1H3,(H,12,13). The maximum absolute atomic E-state index is 5.59. The lowest BCUT2D eigenvalue weighted by Gasteiger charge is -2.05. The maximum Gasteiger partial charge on any atom is 0.294 e. The molecule has 5 nitrogen and oxygen atoms in total. The van der Waals surface area contributed by atoms with Crippen molar-refractivity contribution in [3.8, 4) is 17.5 Å². The van der Waals surface area contributed by atoms with Crippen LogP contribution in [0.3, 0.4) is 0 Å². The minimum absolute atomic E-state index is 0.496. The number of nitrogens with one attached hydrogen (secondary N) is 1. The van der Waals surface area contributed by atoms with Crippen molar-refractivity contribution in [2.45, 2.75) is 6.42 Å². The summed E-state index contributed by atoms with van der Waals surface area (Å²) < 4.78 is 16.2. The van der Waals surface area contributed by atoms with Gasteiger partial charge in [-0.05, 0) is 0 Å². The molecule has 0 fully saturated rings. The van der Waals surface area contributed by atoms with Gasteiger partial charge in [0, 0.05) is 18.6 Å². The first kappa shape index (κ1) is 9.33. The van der Waals surface area contributed by atoms with Gasteiger partial charge < -0.3 is 19.2 Å². The van der Waals surface area contributed by atoms with Gasteiger partial charge in [0.1, 0.15) is 0 Å². The highest BCUT2D eigenvalue weighted by molar-refractivity contribution is 5.80. The third-order valence-corrected chi connectivity index (χ3v) is 2.52. The van der Waals surface area contributed by atoms with Gasteiger partial charge in [-0.25, -0.2) is 0 Å². The number of fused-ring (bicyclic) bond motifs is 2. The van der Waals surface area contributed by atoms with E-state index in [0.717, 1.165) is 29.0 Å². The van der Waals surface area contributed by atoms with Crippen LogP contribution < -0.4 is 14.2 Å². The highest BCUT2D eigenvalue weighted by Gasteiger charge is 2.13. The van der Waals surface area contributed by atoms with Crippen LogP contribution in [0, 0.1) is 0 Å². The Bertz CT molecular complexity index is 478. The number of imidazole rings is 1. The Balaban J connectivity index is 2.14. The Morgan fingerprint density at radius 3 is 2.75 bits per heavy atom. The molecule has 0 saturated heterocycles. The average molecular weight is 220 g/mol. The zero-order chi connectivity index (χ0) is 11.0. The number of ether oxygens (including phenoxy) is 3. The highest BCUT2D eigenvalue weighted by atomic mass is 16.5. The topological polar surface area (TPSA) is 56.4 Å². The fourth-order valence-corrected chi connectivity index (χ4v) is 1.74. The number of hydrogen-bond donors (Lipinski definition) is 1. The molecule has 5 heteroatoms. The van der Waals surface area contributed by atoms with E-state index in [-0.39, 0.29) is 0 Å². The van der Waals surface area contributed by atoms with Gasteiger partial charge in [-0.2, -0.15) is 4.98 Å². The molecular weight excluding hydrogens is 208 g/mol. The summed E-state index contributed by atoms with van der Waals surface area (Å²) in [6.07, 6.45) is 0.902. The molecule has 1 aliphatic rings. The Morgan fingerprint density at radius 2 is 2.00 bits per heavy atom. The minimum Gasteiger partial charge on any atom is -0.489 e. The summed E-state index contributed by atoms with van der Waals surface area (Å²) in [7, 11) is 1.58. The molecule has 1 aromatic heterocycles. The molecule has 2 heterocycles. The van der Waals surface area contributed by atoms with Gasteiger partial charge >= 0.3 is 0 Å². The molecule has 1 aromatic carbocycles. The zero-order valence-electron chi connectivity index (χ0n) is 8.95. The van der Waals surface area contributed by atoms with E-state index in [1.165, 1.54) is 0 Å². The van der Waals surface area contributed by atoms with E-state index >= 15 is 0 Å². The molecule has 16 heavy (non-hydrogen) atoms. The van der Waals surface area contributed by atoms with Crippen LogP contribution in [0.1, 0.15) is 6.42 Å². The third-order valence-electron chi connectivity index (χ3n) is 2.52. The summed E-state index contributed by atoms with van der Waals surface area (Å²) in [5.41, 5.74) is 1.71. The molecule has 84 valence electrons. The lowest BCUT2D eigenvalue weighted by Crippen LogP contribution is -1.97. The number of hydrogen-bond acceptors (Lipinski definition) is 4. The summed E-state index contributed by atoms with van der Waals surface area (Å²) in [5, 5.41) is 0. The summed E-state index contributed by atoms with van der Waals surface area (Å²) >= 11 is 0. The van der Waals surface area contributed by atoms with Crippen molar-refractivity contribution in [1.29, 1.82) is 0 Å². The normalized spacial score (nSPS) is 14.8. The predicted octanol–water partition coefficient (Wildman–Crippen LogP) is 1.73. The molecule has 0 amide bonds. The smallest absolute Gasteiger partial charge is 0.294 e. The van der Waals surface area contributed by atoms with Gasteiger partial charge in [0.15, 0.2) is 11.5 Å². The molecule has 0 bridgehead atoms. The van der Waals surface area contributed by atoms with Gasteiger partial charge in [0.25, 0.3) is 6.01 Å². The van der Waals surface area contributed by atoms with Crippen molar-refractivity contribution in [2.75, 3.05) is 20.3 Å². The molecule has 1 N–H and O–H groups in total. The number of aromatic nitrogens is 2. The Labute approximate surface area is 92.3 Å². The van der Waals surface area contributed by atoms with Crippen LogP contribution in [0.4, 0.5) is 0 Å². The zero-order valence-corrected chi connectivity index (χ0v) is 8.95. The molecule has 0 atom stereocenters. The molecular formula is C11H12N2O3. The van der Waals surface area contributed by atoms with Crippen LogP contribution in [0.25, 0.3) is 11.0 Å². The number of aromatic amines is 1. The van der Waals surface area contributed by atoms with Crippen molar-refractivity contribution >= 4 is 11.0 Å². The van der Waals surface area contributed by atoms with Crippen molar-refractivity contribution in [3.05, 3.63) is 12.1 Å². The average Bonchev–Trinajstić information content (AvgIpc) is 2.56. The highest BCUT2D eigenvalue weighted by Crippen LogP contribution is 2.33. The van der Waals surface area contributed by atoms with Crippen LogP contribution in [-0.4, -0.2) is 30.3 Å². The minimum atomic E-state index is 0.496. The van der Waals surface area contributed by atoms with Gasteiger partial charge in [-0.1, -0.05) is 0 Å². The Morgan fingerprint density at radius 1 is 1.25 bits per heavy atom. The van der Waals surface area contributed by atoms with E-state index in [2.05, 4.69) is 9.97 Å². The summed E-state index contributed by atoms with van der Waals surface area (Å²) in [6.45, 7) is 1.36. The molecule has 0 aliphatic carbocycles. The first-order valence-corrected chi connectivity index (χ1v) is 5.20. The van der Waals surface area contributed by atoms with Crippen LogP contribution in [0.5, 0.6) is 17.5 Å². The van der Waals surface area contributed by atoms with Crippen LogP contribution >= 0.6 is 0 Å². The van der Waals surface area contributed by atoms with Crippen molar-refractivity contribution < 1.29 is 14.2 Å². The molecule has 3 rings (SSSR count). The number of benzene rings is 1. The van der Waals surface area contributed by atoms with Crippen LogP contribution in [0.2, 0.25) is 0 Å². The molecule has 0 spiro atoms. The predicted molar refractivity (Wildman–Crippen MR) is 58.3 cm³/mol. The van der Waals surface area contributed by atoms with Crippen LogP contribution in [-0.2, 0) is 0 Å². The number of H-pyrrole nitrogens is 1. The van der Waals surface area contributed by atoms with E-state index in [4.69, 9.17) is 14.2 Å². The summed E-state index contributed by atoms with van der Waals surface area (Å²) in [6, 6.07) is 4.26. The molecule has 0 radical (unpaired) electrons. The van der Waals surface area contributed by atoms with Gasteiger partial charge in [-0.15, -0.1) is 0 Å². The fraction of sp³-hybridized carbons (Fsp3) is 0.364. The van der Waals surface area contributed by atoms with E-state index < -0.39 is 0 Å². The van der Waals surface area contributed by atoms with Crippen molar-refractivity contribution in [1.82, 2.24) is 9.97 Å². The third kappa shape index (κ3) is 1.44. The van der Waals surface area contributed by atoms with Crippen LogP contribution in [0.15, 0.2) is 12.1 Å². The quantitative estimate of drug-likeness (QED) is 0.795. The fourth-order valence-electron chi connectivity index (χ4n) is 1.74.